The van der Waals surface area contributed by atoms with E-state index in [0.29, 0.717) is 0 Å². The van der Waals surface area contributed by atoms with Crippen LogP contribution in [0.1, 0.15) is 103 Å². The van der Waals surface area contributed by atoms with Crippen molar-refractivity contribution in [2.75, 3.05) is 0 Å². The van der Waals surface area contributed by atoms with Crippen molar-refractivity contribution in [1.29, 1.82) is 0 Å². The first-order chi connectivity index (χ1) is 19.8. The summed E-state index contributed by atoms with van der Waals surface area (Å²) in [5, 5.41) is 2.97. The van der Waals surface area contributed by atoms with E-state index in [4.69, 9.17) is 0 Å². The van der Waals surface area contributed by atoms with Gasteiger partial charge < -0.3 is 0 Å². The van der Waals surface area contributed by atoms with E-state index in [-0.39, 0.29) is 0 Å². The van der Waals surface area contributed by atoms with Crippen LogP contribution in [0.3, 0.4) is 0 Å². The second kappa shape index (κ2) is 18.9. The Labute approximate surface area is 270 Å². The van der Waals surface area contributed by atoms with Crippen LogP contribution in [-0.4, -0.2) is 55.8 Å². The molecule has 5 rings (SSSR count). The summed E-state index contributed by atoms with van der Waals surface area (Å²) < 4.78 is 3.47. The predicted octanol–water partition coefficient (Wildman–Crippen LogP) is 10.0. The van der Waals surface area contributed by atoms with Gasteiger partial charge in [0.15, 0.2) is 0 Å². The molecule has 0 aromatic heterocycles. The second-order valence-electron chi connectivity index (χ2n) is 11.5. The average Bonchev–Trinajstić information content (AvgIpc) is 3.58. The molecule has 1 aromatic carbocycles. The fraction of sp³-hybridized carbons (Fsp3) is 0.588. The molecule has 0 saturated carbocycles. The van der Waals surface area contributed by atoms with E-state index in [1.54, 1.807) is 7.02 Å². The van der Waals surface area contributed by atoms with Gasteiger partial charge in [-0.15, -0.1) is 0 Å². The zero-order valence-electron chi connectivity index (χ0n) is 24.1. The number of hydrogen-bond acceptors (Lipinski definition) is 4. The third-order valence-corrected chi connectivity index (χ3v) is 44.0. The van der Waals surface area contributed by atoms with Crippen LogP contribution in [0.15, 0.2) is 72.9 Å². The van der Waals surface area contributed by atoms with Crippen LogP contribution in [0.5, 0.6) is 0 Å². The molecule has 4 aliphatic rings. The summed E-state index contributed by atoms with van der Waals surface area (Å²) >= 11 is -3.50. The fourth-order valence-electron chi connectivity index (χ4n) is 5.64. The van der Waals surface area contributed by atoms with Crippen LogP contribution in [-0.2, 0) is 0 Å². The van der Waals surface area contributed by atoms with Gasteiger partial charge in [0.25, 0.3) is 0 Å². The molecule has 0 heterocycles. The van der Waals surface area contributed by atoms with Crippen LogP contribution in [0.2, 0.25) is 0 Å². The third-order valence-electron chi connectivity index (χ3n) is 8.04. The number of benzene rings is 1. The van der Waals surface area contributed by atoms with Crippen LogP contribution >= 0.6 is 35.4 Å². The molecule has 4 atom stereocenters. The average molecular weight is 829 g/mol. The summed E-state index contributed by atoms with van der Waals surface area (Å²) in [5.41, 5.74) is 0. The van der Waals surface area contributed by atoms with E-state index in [1.807, 2.05) is 0 Å². The summed E-state index contributed by atoms with van der Waals surface area (Å²) in [6, 6.07) is 10.5. The van der Waals surface area contributed by atoms with Crippen molar-refractivity contribution in [3.8, 4) is 0 Å². The van der Waals surface area contributed by atoms with Gasteiger partial charge in [0.1, 0.15) is 0 Å². The van der Waals surface area contributed by atoms with Gasteiger partial charge in [0, 0.05) is 0 Å². The van der Waals surface area contributed by atoms with Crippen molar-refractivity contribution >= 4 is 77.2 Å². The van der Waals surface area contributed by atoms with Gasteiger partial charge in [0.05, 0.1) is 0 Å². The third kappa shape index (κ3) is 11.3. The molecule has 0 spiro atoms. The summed E-state index contributed by atoms with van der Waals surface area (Å²) in [6.45, 7) is 0. The van der Waals surface area contributed by atoms with Crippen molar-refractivity contribution < 1.29 is 0 Å². The molecule has 4 aliphatic carbocycles. The Morgan fingerprint density at radius 2 is 0.675 bits per heavy atom. The van der Waals surface area contributed by atoms with E-state index in [2.05, 4.69) is 108 Å². The zero-order chi connectivity index (χ0) is 27.2. The SMILES string of the molecule is C1=CC([S][Sb]([S]C2C=CCCCC2)[c]2cc[c]([Sb]([S]C3C=CCCCC3)[S]C3C=CCCCC3)cc2)CCCC1. The molecule has 218 valence electrons. The van der Waals surface area contributed by atoms with E-state index < -0.39 is 34.8 Å². The Hall–Kier alpha value is 1.22. The zero-order valence-corrected chi connectivity index (χ0v) is 32.5. The minimum atomic E-state index is -1.75. The van der Waals surface area contributed by atoms with Crippen LogP contribution in [0.25, 0.3) is 0 Å². The summed E-state index contributed by atoms with van der Waals surface area (Å²) in [5.74, 6) is 0. The summed E-state index contributed by atoms with van der Waals surface area (Å²) in [4.78, 5) is 0. The van der Waals surface area contributed by atoms with E-state index in [1.165, 1.54) is 103 Å². The molecule has 0 aliphatic heterocycles. The maximum atomic E-state index is 2.63. The Bertz CT molecular complexity index is 853. The van der Waals surface area contributed by atoms with Gasteiger partial charge in [-0.05, 0) is 0 Å². The van der Waals surface area contributed by atoms with Crippen molar-refractivity contribution in [2.45, 2.75) is 124 Å². The first kappa shape index (κ1) is 32.6. The molecule has 0 fully saturated rings. The van der Waals surface area contributed by atoms with E-state index in [0.717, 1.165) is 21.0 Å². The topological polar surface area (TPSA) is 0 Å². The molecule has 0 N–H and O–H groups in total. The monoisotopic (exact) mass is 826 g/mol. The van der Waals surface area contributed by atoms with Crippen LogP contribution in [0.4, 0.5) is 0 Å². The van der Waals surface area contributed by atoms with Crippen LogP contribution in [0, 0.1) is 0 Å². The summed E-state index contributed by atoms with van der Waals surface area (Å²) in [6.07, 6.45) is 42.1. The molecule has 0 amide bonds. The Morgan fingerprint density at radius 1 is 0.400 bits per heavy atom. The molecule has 0 radical (unpaired) electrons. The number of hydrogen-bond donors (Lipinski definition) is 0. The molecular weight excluding hydrogens is 780 g/mol. The summed E-state index contributed by atoms with van der Waals surface area (Å²) in [7, 11) is 9.68. The quantitative estimate of drug-likeness (QED) is 0.170. The maximum absolute atomic E-state index is 2.63. The molecule has 6 heteroatoms. The number of allylic oxidation sites excluding steroid dienone is 4. The molecular formula is C34H48S4Sb2. The Kier molecular flexibility index (Phi) is 15.4. The van der Waals surface area contributed by atoms with Crippen LogP contribution < -0.4 is 7.02 Å². The van der Waals surface area contributed by atoms with E-state index >= 15 is 0 Å². The Balaban J connectivity index is 1.34. The van der Waals surface area contributed by atoms with Crippen molar-refractivity contribution in [3.05, 3.63) is 72.9 Å². The van der Waals surface area contributed by atoms with Crippen molar-refractivity contribution in [3.63, 3.8) is 0 Å². The van der Waals surface area contributed by atoms with Gasteiger partial charge in [-0.1, -0.05) is 0 Å². The second-order valence-corrected chi connectivity index (χ2v) is 40.7. The molecule has 0 saturated heterocycles. The van der Waals surface area contributed by atoms with Gasteiger partial charge in [-0.25, -0.2) is 0 Å². The normalized spacial score (nSPS) is 27.9. The molecule has 0 nitrogen and oxygen atoms in total. The van der Waals surface area contributed by atoms with Gasteiger partial charge >= 0.3 is 274 Å². The Morgan fingerprint density at radius 3 is 0.950 bits per heavy atom. The minimum absolute atomic E-state index is 0.743. The molecule has 1 aromatic rings. The number of rotatable bonds is 10. The van der Waals surface area contributed by atoms with E-state index in [9.17, 15) is 0 Å². The predicted molar refractivity (Wildman–Crippen MR) is 193 cm³/mol. The molecule has 4 unspecified atom stereocenters. The van der Waals surface area contributed by atoms with Crippen molar-refractivity contribution in [2.24, 2.45) is 0 Å². The first-order valence-corrected chi connectivity index (χ1v) is 34.3. The first-order valence-electron chi connectivity index (χ1n) is 15.9. The van der Waals surface area contributed by atoms with Gasteiger partial charge in [-0.2, -0.15) is 0 Å². The van der Waals surface area contributed by atoms with Gasteiger partial charge in [-0.3, -0.25) is 0 Å². The molecule has 0 bridgehead atoms. The van der Waals surface area contributed by atoms with Gasteiger partial charge in [0.2, 0.25) is 0 Å². The standard InChI is InChI=1S/4C7H12S.C6H4.2Sb/c4*8-7-5-3-1-2-4-6-7;1-2-4-6-5-3-1;;/h4*3,5,7-8H,1-2,4,6H2;1-2,5-6H;;/q;;;;;2*+2/p-4. The molecule has 40 heavy (non-hydrogen) atoms. The van der Waals surface area contributed by atoms with Crippen molar-refractivity contribution in [1.82, 2.24) is 0 Å². The fourth-order valence-corrected chi connectivity index (χ4v) is 44.9.